The van der Waals surface area contributed by atoms with Gasteiger partial charge >= 0.3 is 5.69 Å². The Balaban J connectivity index is 1.91. The van der Waals surface area contributed by atoms with Gasteiger partial charge in [-0.15, -0.1) is 5.10 Å². The molecular weight excluding hydrogens is 238 g/mol. The minimum Gasteiger partial charge on any atom is -0.374 e. The van der Waals surface area contributed by atoms with E-state index in [2.05, 4.69) is 32.3 Å². The first-order chi connectivity index (χ1) is 8.69. The maximum absolute atomic E-state index is 11.4. The summed E-state index contributed by atoms with van der Waals surface area (Å²) >= 11 is 0. The summed E-state index contributed by atoms with van der Waals surface area (Å²) in [5.74, 6) is 0.104. The lowest BCUT2D eigenvalue weighted by molar-refractivity contribution is -0.0192. The van der Waals surface area contributed by atoms with Crippen molar-refractivity contribution >= 4 is 5.82 Å². The number of nitrogens with zero attached hydrogens (tertiary/aromatic N) is 2. The summed E-state index contributed by atoms with van der Waals surface area (Å²) in [6.45, 7) is 6.02. The average molecular weight is 255 g/mol. The molecule has 1 aliphatic rings. The predicted octanol–water partition coefficient (Wildman–Crippen LogP) is -1.41. The molecule has 0 radical (unpaired) electrons. The molecule has 0 aromatic carbocycles. The van der Waals surface area contributed by atoms with Crippen molar-refractivity contribution in [1.82, 2.24) is 20.1 Å². The van der Waals surface area contributed by atoms with Crippen LogP contribution < -0.4 is 16.6 Å². The molecule has 1 unspecified atom stereocenters. The van der Waals surface area contributed by atoms with Crippen LogP contribution in [0.25, 0.3) is 0 Å². The summed E-state index contributed by atoms with van der Waals surface area (Å²) in [5.41, 5.74) is -1.14. The van der Waals surface area contributed by atoms with Crippen molar-refractivity contribution in [3.8, 4) is 0 Å². The summed E-state index contributed by atoms with van der Waals surface area (Å²) < 4.78 is 5.58. The van der Waals surface area contributed by atoms with Gasteiger partial charge in [-0.2, -0.15) is 0 Å². The molecule has 1 fully saturated rings. The van der Waals surface area contributed by atoms with Crippen LogP contribution in [0.15, 0.2) is 9.59 Å². The highest BCUT2D eigenvalue weighted by Crippen LogP contribution is 2.04. The summed E-state index contributed by atoms with van der Waals surface area (Å²) in [6, 6.07) is 0. The summed E-state index contributed by atoms with van der Waals surface area (Å²) in [5, 5.41) is 8.69. The molecule has 0 saturated carbocycles. The lowest BCUT2D eigenvalue weighted by atomic mass is 10.2. The summed E-state index contributed by atoms with van der Waals surface area (Å²) in [4.78, 5) is 26.6. The van der Waals surface area contributed by atoms with Crippen molar-refractivity contribution < 1.29 is 4.74 Å². The van der Waals surface area contributed by atoms with Crippen molar-refractivity contribution in [2.24, 2.45) is 0 Å². The van der Waals surface area contributed by atoms with Crippen molar-refractivity contribution in [3.05, 3.63) is 20.8 Å². The fourth-order valence-electron chi connectivity index (χ4n) is 1.87. The number of likely N-dealkylation sites (N-methyl/N-ethyl adjacent to an activating group) is 1. The van der Waals surface area contributed by atoms with E-state index in [0.29, 0.717) is 13.2 Å². The Morgan fingerprint density at radius 1 is 1.56 bits per heavy atom. The standard InChI is InChI=1S/C10H17N5O3/c1-2-15-3-4-18-7(6-15)5-11-8-9(16)12-10(17)14-13-8/h7H,2-6H2,1H3,(H,11,13)(H2,12,14,16,17). The molecule has 1 aliphatic heterocycles. The molecule has 0 amide bonds. The van der Waals surface area contributed by atoms with E-state index < -0.39 is 11.2 Å². The van der Waals surface area contributed by atoms with Gasteiger partial charge in [0, 0.05) is 19.6 Å². The van der Waals surface area contributed by atoms with Gasteiger partial charge in [0.25, 0.3) is 5.56 Å². The molecule has 1 aromatic heterocycles. The molecule has 1 atom stereocenters. The number of aromatic nitrogens is 3. The first kappa shape index (κ1) is 12.8. The number of hydrogen-bond acceptors (Lipinski definition) is 6. The Morgan fingerprint density at radius 3 is 3.11 bits per heavy atom. The number of ether oxygens (including phenoxy) is 1. The van der Waals surface area contributed by atoms with Crippen LogP contribution in [0.3, 0.4) is 0 Å². The molecule has 0 bridgehead atoms. The van der Waals surface area contributed by atoms with Gasteiger partial charge in [0.15, 0.2) is 0 Å². The highest BCUT2D eigenvalue weighted by molar-refractivity contribution is 5.28. The van der Waals surface area contributed by atoms with Crippen molar-refractivity contribution in [2.45, 2.75) is 13.0 Å². The van der Waals surface area contributed by atoms with Crippen LogP contribution in [-0.4, -0.2) is 59.0 Å². The number of H-pyrrole nitrogens is 2. The Morgan fingerprint density at radius 2 is 2.39 bits per heavy atom. The Bertz CT molecular complexity index is 497. The number of anilines is 1. The average Bonchev–Trinajstić information content (AvgIpc) is 2.38. The van der Waals surface area contributed by atoms with E-state index in [9.17, 15) is 9.59 Å². The molecule has 18 heavy (non-hydrogen) atoms. The molecule has 8 heteroatoms. The number of morpholine rings is 1. The fourth-order valence-corrected chi connectivity index (χ4v) is 1.87. The van der Waals surface area contributed by atoms with E-state index in [4.69, 9.17) is 4.74 Å². The first-order valence-corrected chi connectivity index (χ1v) is 5.96. The lowest BCUT2D eigenvalue weighted by Gasteiger charge is -2.32. The third-order valence-corrected chi connectivity index (χ3v) is 2.88. The maximum atomic E-state index is 11.4. The quantitative estimate of drug-likeness (QED) is 0.611. The van der Waals surface area contributed by atoms with Crippen LogP contribution in [0, 0.1) is 0 Å². The molecule has 100 valence electrons. The number of nitrogens with one attached hydrogen (secondary N) is 3. The maximum Gasteiger partial charge on any atom is 0.342 e. The van der Waals surface area contributed by atoms with Gasteiger partial charge in [-0.25, -0.2) is 9.89 Å². The topological polar surface area (TPSA) is 103 Å². The number of rotatable bonds is 4. The molecule has 1 saturated heterocycles. The monoisotopic (exact) mass is 255 g/mol. The van der Waals surface area contributed by atoms with Crippen LogP contribution in [-0.2, 0) is 4.74 Å². The van der Waals surface area contributed by atoms with Gasteiger partial charge < -0.3 is 10.1 Å². The van der Waals surface area contributed by atoms with E-state index >= 15 is 0 Å². The molecular formula is C10H17N5O3. The SMILES string of the molecule is CCN1CCOC(CNc2n[nH]c(=O)[nH]c2=O)C1. The Labute approximate surface area is 103 Å². The van der Waals surface area contributed by atoms with Gasteiger partial charge in [0.1, 0.15) is 0 Å². The van der Waals surface area contributed by atoms with Crippen LogP contribution in [0.2, 0.25) is 0 Å². The third kappa shape index (κ3) is 3.17. The van der Waals surface area contributed by atoms with Crippen LogP contribution >= 0.6 is 0 Å². The van der Waals surface area contributed by atoms with E-state index in [1.165, 1.54) is 0 Å². The van der Waals surface area contributed by atoms with Crippen molar-refractivity contribution in [1.29, 1.82) is 0 Å². The van der Waals surface area contributed by atoms with Gasteiger partial charge in [-0.1, -0.05) is 6.92 Å². The molecule has 0 aliphatic carbocycles. The van der Waals surface area contributed by atoms with Crippen LogP contribution in [0.5, 0.6) is 0 Å². The van der Waals surface area contributed by atoms with E-state index in [-0.39, 0.29) is 11.9 Å². The van der Waals surface area contributed by atoms with Crippen LogP contribution in [0.1, 0.15) is 6.92 Å². The summed E-state index contributed by atoms with van der Waals surface area (Å²) in [7, 11) is 0. The van der Waals surface area contributed by atoms with Crippen molar-refractivity contribution in [3.63, 3.8) is 0 Å². The van der Waals surface area contributed by atoms with E-state index in [0.717, 1.165) is 19.6 Å². The van der Waals surface area contributed by atoms with E-state index in [1.807, 2.05) is 0 Å². The second-order valence-corrected chi connectivity index (χ2v) is 4.12. The Hall–Kier alpha value is -1.67. The molecule has 2 rings (SSSR count). The molecule has 0 spiro atoms. The Kier molecular flexibility index (Phi) is 4.11. The number of hydrogen-bond donors (Lipinski definition) is 3. The number of aromatic amines is 2. The third-order valence-electron chi connectivity index (χ3n) is 2.88. The van der Waals surface area contributed by atoms with Crippen LogP contribution in [0.4, 0.5) is 5.82 Å². The predicted molar refractivity (Wildman–Crippen MR) is 65.8 cm³/mol. The second-order valence-electron chi connectivity index (χ2n) is 4.12. The zero-order valence-electron chi connectivity index (χ0n) is 10.2. The second kappa shape index (κ2) is 5.78. The smallest absolute Gasteiger partial charge is 0.342 e. The van der Waals surface area contributed by atoms with Gasteiger partial charge in [0.05, 0.1) is 12.7 Å². The fraction of sp³-hybridized carbons (Fsp3) is 0.700. The summed E-state index contributed by atoms with van der Waals surface area (Å²) in [6.07, 6.45) is 0.0202. The van der Waals surface area contributed by atoms with Crippen molar-refractivity contribution in [2.75, 3.05) is 38.1 Å². The van der Waals surface area contributed by atoms with Gasteiger partial charge in [0.2, 0.25) is 5.82 Å². The minimum atomic E-state index is -0.614. The zero-order chi connectivity index (χ0) is 13.0. The molecule has 2 heterocycles. The van der Waals surface area contributed by atoms with E-state index in [1.54, 1.807) is 0 Å². The molecule has 3 N–H and O–H groups in total. The van der Waals surface area contributed by atoms with Gasteiger partial charge in [-0.05, 0) is 6.54 Å². The van der Waals surface area contributed by atoms with Gasteiger partial charge in [-0.3, -0.25) is 14.7 Å². The molecule has 8 nitrogen and oxygen atoms in total. The first-order valence-electron chi connectivity index (χ1n) is 5.96. The molecule has 1 aromatic rings. The lowest BCUT2D eigenvalue weighted by Crippen LogP contribution is -2.45. The normalized spacial score (nSPS) is 20.8. The largest absolute Gasteiger partial charge is 0.374 e. The highest BCUT2D eigenvalue weighted by Gasteiger charge is 2.19. The minimum absolute atomic E-state index is 0.0202. The highest BCUT2D eigenvalue weighted by atomic mass is 16.5. The zero-order valence-corrected chi connectivity index (χ0v) is 10.2.